The summed E-state index contributed by atoms with van der Waals surface area (Å²) in [7, 11) is 0. The second-order valence-corrected chi connectivity index (χ2v) is 2.58. The Kier molecular flexibility index (Phi) is 5.59. The molecule has 0 rings (SSSR count). The lowest BCUT2D eigenvalue weighted by Crippen LogP contribution is -2.16. The molecule has 0 saturated heterocycles. The third-order valence-electron chi connectivity index (χ3n) is 1.31. The molecular weight excluding hydrogens is 172 g/mol. The fourth-order valence-electron chi connectivity index (χ4n) is 0.674. The van der Waals surface area contributed by atoms with Crippen molar-refractivity contribution in [3.8, 4) is 0 Å². The highest BCUT2D eigenvalue weighted by Crippen LogP contribution is 1.98. The minimum atomic E-state index is -0.463. The number of esters is 2. The van der Waals surface area contributed by atoms with Crippen molar-refractivity contribution < 1.29 is 19.1 Å². The van der Waals surface area contributed by atoms with Gasteiger partial charge in [-0.05, 0) is 6.92 Å². The maximum Gasteiger partial charge on any atom is 0.330 e. The van der Waals surface area contributed by atoms with Gasteiger partial charge >= 0.3 is 11.9 Å². The molecule has 0 aliphatic carbocycles. The van der Waals surface area contributed by atoms with Crippen LogP contribution in [0.2, 0.25) is 0 Å². The summed E-state index contributed by atoms with van der Waals surface area (Å²) < 4.78 is 9.50. The van der Waals surface area contributed by atoms with Crippen LogP contribution in [0.5, 0.6) is 0 Å². The minimum Gasteiger partial charge on any atom is -0.466 e. The Labute approximate surface area is 77.5 Å². The average molecular weight is 186 g/mol. The number of carbonyl (C=O) groups excluding carboxylic acids is 2. The van der Waals surface area contributed by atoms with Crippen molar-refractivity contribution in [2.75, 3.05) is 6.61 Å². The second kappa shape index (κ2) is 6.22. The highest BCUT2D eigenvalue weighted by atomic mass is 16.6. The summed E-state index contributed by atoms with van der Waals surface area (Å²) in [5, 5.41) is 0. The van der Waals surface area contributed by atoms with Crippen molar-refractivity contribution in [1.29, 1.82) is 0 Å². The van der Waals surface area contributed by atoms with Crippen molar-refractivity contribution in [3.63, 3.8) is 0 Å². The molecule has 4 nitrogen and oxygen atoms in total. The van der Waals surface area contributed by atoms with Crippen LogP contribution in [0.25, 0.3) is 0 Å². The van der Waals surface area contributed by atoms with Crippen LogP contribution in [0.4, 0.5) is 0 Å². The molecule has 0 aliphatic heterocycles. The maximum absolute atomic E-state index is 10.7. The first kappa shape index (κ1) is 11.7. The van der Waals surface area contributed by atoms with E-state index in [-0.39, 0.29) is 18.7 Å². The summed E-state index contributed by atoms with van der Waals surface area (Å²) in [6.45, 7) is 6.59. The van der Waals surface area contributed by atoms with E-state index in [1.54, 1.807) is 6.92 Å². The molecule has 0 aliphatic rings. The molecule has 0 amide bonds. The quantitative estimate of drug-likeness (QED) is 0.476. The molecule has 0 spiro atoms. The van der Waals surface area contributed by atoms with Gasteiger partial charge in [0, 0.05) is 19.4 Å². The number of carbonyl (C=O) groups is 2. The van der Waals surface area contributed by atoms with Gasteiger partial charge in [-0.25, -0.2) is 4.79 Å². The molecule has 4 heteroatoms. The van der Waals surface area contributed by atoms with Crippen molar-refractivity contribution in [2.45, 2.75) is 26.4 Å². The topological polar surface area (TPSA) is 52.6 Å². The zero-order valence-corrected chi connectivity index (χ0v) is 7.91. The van der Waals surface area contributed by atoms with Crippen LogP contribution < -0.4 is 0 Å². The number of ether oxygens (including phenoxy) is 2. The number of rotatable bonds is 5. The molecule has 1 unspecified atom stereocenters. The fourth-order valence-corrected chi connectivity index (χ4v) is 0.674. The van der Waals surface area contributed by atoms with Gasteiger partial charge in [0.25, 0.3) is 0 Å². The van der Waals surface area contributed by atoms with E-state index in [0.29, 0.717) is 6.42 Å². The predicted octanol–water partition coefficient (Wildman–Crippen LogP) is 1.06. The van der Waals surface area contributed by atoms with Crippen LogP contribution in [0.15, 0.2) is 12.7 Å². The van der Waals surface area contributed by atoms with Crippen molar-refractivity contribution in [3.05, 3.63) is 12.7 Å². The van der Waals surface area contributed by atoms with Crippen molar-refractivity contribution in [1.82, 2.24) is 0 Å². The molecule has 0 saturated carbocycles. The molecule has 0 heterocycles. The van der Waals surface area contributed by atoms with Crippen LogP contribution in [-0.4, -0.2) is 24.6 Å². The first-order valence-corrected chi connectivity index (χ1v) is 4.02. The highest BCUT2D eigenvalue weighted by molar-refractivity contribution is 5.81. The molecule has 13 heavy (non-hydrogen) atoms. The van der Waals surface area contributed by atoms with Crippen molar-refractivity contribution >= 4 is 11.9 Å². The van der Waals surface area contributed by atoms with E-state index in [4.69, 9.17) is 4.74 Å². The van der Waals surface area contributed by atoms with Gasteiger partial charge in [0.15, 0.2) is 0 Å². The van der Waals surface area contributed by atoms with E-state index in [1.807, 2.05) is 0 Å². The lowest BCUT2D eigenvalue weighted by Gasteiger charge is -2.10. The molecule has 0 aromatic heterocycles. The van der Waals surface area contributed by atoms with Gasteiger partial charge in [-0.3, -0.25) is 4.79 Å². The normalized spacial score (nSPS) is 11.5. The summed E-state index contributed by atoms with van der Waals surface area (Å²) >= 11 is 0. The Hall–Kier alpha value is -1.32. The second-order valence-electron chi connectivity index (χ2n) is 2.58. The average Bonchev–Trinajstić information content (AvgIpc) is 2.03. The largest absolute Gasteiger partial charge is 0.466 e. The van der Waals surface area contributed by atoms with Gasteiger partial charge in [0.05, 0.1) is 6.61 Å². The molecule has 0 N–H and O–H groups in total. The molecular formula is C9H14O4. The first-order valence-electron chi connectivity index (χ1n) is 4.02. The van der Waals surface area contributed by atoms with Crippen molar-refractivity contribution in [2.24, 2.45) is 0 Å². The van der Waals surface area contributed by atoms with Gasteiger partial charge in [0.2, 0.25) is 0 Å². The number of hydrogen-bond donors (Lipinski definition) is 0. The maximum atomic E-state index is 10.7. The number of hydrogen-bond acceptors (Lipinski definition) is 4. The molecule has 0 aromatic rings. The summed E-state index contributed by atoms with van der Waals surface area (Å²) in [4.78, 5) is 21.0. The van der Waals surface area contributed by atoms with E-state index >= 15 is 0 Å². The van der Waals surface area contributed by atoms with Gasteiger partial charge in [-0.1, -0.05) is 6.58 Å². The minimum absolute atomic E-state index is 0.259. The Morgan fingerprint density at radius 1 is 1.54 bits per heavy atom. The van der Waals surface area contributed by atoms with E-state index in [1.165, 1.54) is 6.92 Å². The smallest absolute Gasteiger partial charge is 0.330 e. The first-order chi connectivity index (χ1) is 6.06. The summed E-state index contributed by atoms with van der Waals surface area (Å²) in [5.74, 6) is -0.794. The van der Waals surface area contributed by atoms with Gasteiger partial charge < -0.3 is 9.47 Å². The molecule has 0 fully saturated rings. The summed E-state index contributed by atoms with van der Waals surface area (Å²) in [6, 6.07) is 0. The van der Waals surface area contributed by atoms with Crippen LogP contribution in [0.1, 0.15) is 20.3 Å². The van der Waals surface area contributed by atoms with E-state index in [9.17, 15) is 9.59 Å². The van der Waals surface area contributed by atoms with Gasteiger partial charge in [0.1, 0.15) is 6.10 Å². The molecule has 0 bridgehead atoms. The van der Waals surface area contributed by atoms with Crippen LogP contribution in [0, 0.1) is 0 Å². The van der Waals surface area contributed by atoms with Crippen LogP contribution in [0.3, 0.4) is 0 Å². The van der Waals surface area contributed by atoms with Gasteiger partial charge in [-0.15, -0.1) is 0 Å². The van der Waals surface area contributed by atoms with Crippen LogP contribution >= 0.6 is 0 Å². The third kappa shape index (κ3) is 7.05. The summed E-state index contributed by atoms with van der Waals surface area (Å²) in [6.07, 6.45) is 1.34. The van der Waals surface area contributed by atoms with Gasteiger partial charge in [-0.2, -0.15) is 0 Å². The molecule has 0 aromatic carbocycles. The zero-order chi connectivity index (χ0) is 10.3. The van der Waals surface area contributed by atoms with Crippen LogP contribution in [-0.2, 0) is 19.1 Å². The molecule has 1 atom stereocenters. The van der Waals surface area contributed by atoms with E-state index in [0.717, 1.165) is 6.08 Å². The molecule has 74 valence electrons. The Bertz CT molecular complexity index is 198. The highest BCUT2D eigenvalue weighted by Gasteiger charge is 2.06. The SMILES string of the molecule is C=CC(=O)OC(C)CCOC(C)=O. The monoisotopic (exact) mass is 186 g/mol. The third-order valence-corrected chi connectivity index (χ3v) is 1.31. The van der Waals surface area contributed by atoms with E-state index in [2.05, 4.69) is 11.3 Å². The molecule has 0 radical (unpaired) electrons. The lowest BCUT2D eigenvalue weighted by atomic mass is 10.3. The Balaban J connectivity index is 3.51. The Morgan fingerprint density at radius 2 is 2.15 bits per heavy atom. The van der Waals surface area contributed by atoms with E-state index < -0.39 is 5.97 Å². The lowest BCUT2D eigenvalue weighted by molar-refractivity contribution is -0.145. The fraction of sp³-hybridized carbons (Fsp3) is 0.556. The standard InChI is InChI=1S/C9H14O4/c1-4-9(11)13-7(2)5-6-12-8(3)10/h4,7H,1,5-6H2,2-3H3. The Morgan fingerprint density at radius 3 is 2.62 bits per heavy atom. The summed E-state index contributed by atoms with van der Waals surface area (Å²) in [5.41, 5.74) is 0. The zero-order valence-electron chi connectivity index (χ0n) is 7.91. The predicted molar refractivity (Wildman–Crippen MR) is 47.0 cm³/mol.